The van der Waals surface area contributed by atoms with E-state index in [9.17, 15) is 9.59 Å². The van der Waals surface area contributed by atoms with Crippen molar-refractivity contribution in [1.29, 1.82) is 0 Å². The van der Waals surface area contributed by atoms with Crippen LogP contribution in [0, 0.1) is 13.8 Å². The maximum atomic E-state index is 12.2. The van der Waals surface area contributed by atoms with Gasteiger partial charge in [0.05, 0.1) is 19.2 Å². The minimum atomic E-state index is -0.123. The number of anilines is 1. The molecule has 6 nitrogen and oxygen atoms in total. The van der Waals surface area contributed by atoms with Crippen LogP contribution in [0.2, 0.25) is 0 Å². The Morgan fingerprint density at radius 3 is 2.50 bits per heavy atom. The number of amides is 2. The van der Waals surface area contributed by atoms with Crippen LogP contribution in [0.1, 0.15) is 24.0 Å². The molecule has 132 valence electrons. The smallest absolute Gasteiger partial charge is 0.238 e. The van der Waals surface area contributed by atoms with Crippen LogP contribution in [0.4, 0.5) is 5.69 Å². The van der Waals surface area contributed by atoms with Gasteiger partial charge >= 0.3 is 0 Å². The lowest BCUT2D eigenvalue weighted by molar-refractivity contribution is -0.123. The second-order valence-corrected chi connectivity index (χ2v) is 6.43. The zero-order valence-corrected chi connectivity index (χ0v) is 14.7. The van der Waals surface area contributed by atoms with Crippen molar-refractivity contribution in [2.24, 2.45) is 0 Å². The summed E-state index contributed by atoms with van der Waals surface area (Å²) in [4.78, 5) is 25.8. The zero-order chi connectivity index (χ0) is 17.5. The Balaban J connectivity index is 1.73. The van der Waals surface area contributed by atoms with Crippen LogP contribution in [0.3, 0.4) is 0 Å². The van der Waals surface area contributed by atoms with Crippen molar-refractivity contribution >= 4 is 17.5 Å². The molecule has 1 atom stereocenters. The summed E-state index contributed by atoms with van der Waals surface area (Å²) in [5.41, 5.74) is 2.90. The Kier molecular flexibility index (Phi) is 6.75. The van der Waals surface area contributed by atoms with Crippen LogP contribution < -0.4 is 10.6 Å². The summed E-state index contributed by atoms with van der Waals surface area (Å²) in [5.74, 6) is -0.213. The van der Waals surface area contributed by atoms with Gasteiger partial charge in [-0.25, -0.2) is 0 Å². The monoisotopic (exact) mass is 333 g/mol. The number of benzene rings is 1. The lowest BCUT2D eigenvalue weighted by Gasteiger charge is -2.18. The van der Waals surface area contributed by atoms with Gasteiger partial charge in [0.1, 0.15) is 0 Å². The molecular weight excluding hydrogens is 306 g/mol. The normalized spacial score (nSPS) is 17.1. The average molecular weight is 333 g/mol. The molecule has 2 N–H and O–H groups in total. The fourth-order valence-corrected chi connectivity index (χ4v) is 2.83. The number of likely N-dealkylation sites (N-methyl/N-ethyl adjacent to an activating group) is 1. The van der Waals surface area contributed by atoms with Crippen molar-refractivity contribution in [3.05, 3.63) is 29.3 Å². The molecule has 0 unspecified atom stereocenters. The summed E-state index contributed by atoms with van der Waals surface area (Å²) in [6.45, 7) is 5.60. The second kappa shape index (κ2) is 8.80. The Hall–Kier alpha value is -1.92. The number of aryl methyl sites for hydroxylation is 2. The maximum Gasteiger partial charge on any atom is 0.238 e. The molecule has 1 saturated heterocycles. The van der Waals surface area contributed by atoms with Crippen LogP contribution in [-0.2, 0) is 14.3 Å². The molecule has 1 aromatic rings. The van der Waals surface area contributed by atoms with Crippen LogP contribution >= 0.6 is 0 Å². The van der Waals surface area contributed by atoms with Gasteiger partial charge in [-0.05, 0) is 44.9 Å². The number of nitrogens with one attached hydrogen (secondary N) is 2. The molecule has 1 aliphatic heterocycles. The van der Waals surface area contributed by atoms with E-state index in [1.165, 1.54) is 0 Å². The Labute approximate surface area is 143 Å². The van der Waals surface area contributed by atoms with E-state index in [2.05, 4.69) is 10.6 Å². The number of carbonyl (C=O) groups is 2. The zero-order valence-electron chi connectivity index (χ0n) is 14.7. The number of rotatable bonds is 7. The van der Waals surface area contributed by atoms with Gasteiger partial charge in [-0.15, -0.1) is 0 Å². The van der Waals surface area contributed by atoms with Crippen LogP contribution in [-0.4, -0.2) is 56.1 Å². The largest absolute Gasteiger partial charge is 0.376 e. The highest BCUT2D eigenvalue weighted by Gasteiger charge is 2.17. The summed E-state index contributed by atoms with van der Waals surface area (Å²) in [5, 5.41) is 5.79. The van der Waals surface area contributed by atoms with E-state index >= 15 is 0 Å². The molecule has 1 aliphatic rings. The average Bonchev–Trinajstić information content (AvgIpc) is 3.02. The van der Waals surface area contributed by atoms with E-state index < -0.39 is 0 Å². The van der Waals surface area contributed by atoms with Gasteiger partial charge in [0, 0.05) is 18.8 Å². The first-order valence-electron chi connectivity index (χ1n) is 8.38. The summed E-state index contributed by atoms with van der Waals surface area (Å²) in [6.07, 6.45) is 2.18. The van der Waals surface area contributed by atoms with Crippen molar-refractivity contribution < 1.29 is 14.3 Å². The van der Waals surface area contributed by atoms with E-state index in [0.717, 1.165) is 36.3 Å². The summed E-state index contributed by atoms with van der Waals surface area (Å²) in [6, 6.07) is 5.89. The summed E-state index contributed by atoms with van der Waals surface area (Å²) >= 11 is 0. The molecule has 0 radical (unpaired) electrons. The first kappa shape index (κ1) is 18.4. The maximum absolute atomic E-state index is 12.2. The highest BCUT2D eigenvalue weighted by Crippen LogP contribution is 2.19. The summed E-state index contributed by atoms with van der Waals surface area (Å²) < 4.78 is 5.47. The van der Waals surface area contributed by atoms with E-state index in [1.807, 2.05) is 32.0 Å². The number of ether oxygens (including phenoxy) is 1. The molecule has 0 aromatic heterocycles. The fourth-order valence-electron chi connectivity index (χ4n) is 2.83. The minimum Gasteiger partial charge on any atom is -0.376 e. The summed E-state index contributed by atoms with van der Waals surface area (Å²) in [7, 11) is 1.76. The van der Waals surface area contributed by atoms with Crippen molar-refractivity contribution in [1.82, 2.24) is 10.2 Å². The van der Waals surface area contributed by atoms with Crippen LogP contribution in [0.15, 0.2) is 18.2 Å². The number of para-hydroxylation sites is 1. The first-order valence-corrected chi connectivity index (χ1v) is 8.38. The topological polar surface area (TPSA) is 70.7 Å². The van der Waals surface area contributed by atoms with Gasteiger partial charge in [0.15, 0.2) is 0 Å². The van der Waals surface area contributed by atoms with Crippen LogP contribution in [0.25, 0.3) is 0 Å². The molecule has 6 heteroatoms. The first-order chi connectivity index (χ1) is 11.5. The molecule has 1 aromatic carbocycles. The second-order valence-electron chi connectivity index (χ2n) is 6.43. The Morgan fingerprint density at radius 1 is 1.21 bits per heavy atom. The van der Waals surface area contributed by atoms with Gasteiger partial charge in [-0.2, -0.15) is 0 Å². The van der Waals surface area contributed by atoms with Gasteiger partial charge in [-0.3, -0.25) is 14.5 Å². The van der Waals surface area contributed by atoms with Gasteiger partial charge in [0.25, 0.3) is 0 Å². The molecule has 1 fully saturated rings. The van der Waals surface area contributed by atoms with Crippen molar-refractivity contribution in [3.63, 3.8) is 0 Å². The van der Waals surface area contributed by atoms with E-state index in [-0.39, 0.29) is 31.0 Å². The minimum absolute atomic E-state index is 0.0899. The Bertz CT molecular complexity index is 563. The third-order valence-corrected chi connectivity index (χ3v) is 4.12. The van der Waals surface area contributed by atoms with Crippen molar-refractivity contribution in [2.75, 3.05) is 38.6 Å². The molecule has 0 aliphatic carbocycles. The lowest BCUT2D eigenvalue weighted by atomic mass is 10.1. The highest BCUT2D eigenvalue weighted by atomic mass is 16.5. The third-order valence-electron chi connectivity index (χ3n) is 4.12. The van der Waals surface area contributed by atoms with E-state index in [1.54, 1.807) is 11.9 Å². The molecule has 1 heterocycles. The van der Waals surface area contributed by atoms with Gasteiger partial charge in [-0.1, -0.05) is 18.2 Å². The predicted molar refractivity (Wildman–Crippen MR) is 94.0 cm³/mol. The molecule has 0 spiro atoms. The van der Waals surface area contributed by atoms with E-state index in [4.69, 9.17) is 4.74 Å². The molecule has 2 amide bonds. The molecule has 2 rings (SSSR count). The quantitative estimate of drug-likeness (QED) is 0.793. The van der Waals surface area contributed by atoms with Crippen molar-refractivity contribution in [2.45, 2.75) is 32.8 Å². The fraction of sp³-hybridized carbons (Fsp3) is 0.556. The number of nitrogens with zero attached hydrogens (tertiary/aromatic N) is 1. The number of hydrogen-bond donors (Lipinski definition) is 2. The molecule has 0 saturated carbocycles. The van der Waals surface area contributed by atoms with Crippen molar-refractivity contribution in [3.8, 4) is 0 Å². The predicted octanol–water partition coefficient (Wildman–Crippen LogP) is 1.47. The van der Waals surface area contributed by atoms with Gasteiger partial charge < -0.3 is 15.4 Å². The standard InChI is InChI=1S/C18H27N3O3/c1-13-6-4-7-14(2)18(13)20-17(23)12-21(3)11-16(22)19-10-15-8-5-9-24-15/h4,6-7,15H,5,8-12H2,1-3H3,(H,19,22)(H,20,23)/t15-/m1/s1. The Morgan fingerprint density at radius 2 is 1.88 bits per heavy atom. The molecule has 24 heavy (non-hydrogen) atoms. The SMILES string of the molecule is Cc1cccc(C)c1NC(=O)CN(C)CC(=O)NC[C@H]1CCCO1. The lowest BCUT2D eigenvalue weighted by Crippen LogP contribution is -2.41. The van der Waals surface area contributed by atoms with E-state index in [0.29, 0.717) is 6.54 Å². The van der Waals surface area contributed by atoms with Gasteiger partial charge in [0.2, 0.25) is 11.8 Å². The number of hydrogen-bond acceptors (Lipinski definition) is 4. The van der Waals surface area contributed by atoms with Crippen LogP contribution in [0.5, 0.6) is 0 Å². The third kappa shape index (κ3) is 5.62. The molecular formula is C18H27N3O3. The molecule has 0 bridgehead atoms. The number of carbonyl (C=O) groups excluding carboxylic acids is 2. The highest BCUT2D eigenvalue weighted by molar-refractivity contribution is 5.94.